The highest BCUT2D eigenvalue weighted by Crippen LogP contribution is 2.30. The van der Waals surface area contributed by atoms with Crippen LogP contribution in [0.4, 0.5) is 0 Å². The number of piperazine rings is 1. The van der Waals surface area contributed by atoms with Crippen LogP contribution >= 0.6 is 0 Å². The Balaban J connectivity index is 1.94. The first-order valence-electron chi connectivity index (χ1n) is 5.93. The molecule has 2 heteroatoms. The summed E-state index contributed by atoms with van der Waals surface area (Å²) in [5.74, 6) is 0. The first-order valence-corrected chi connectivity index (χ1v) is 5.93. The number of nitrogens with one attached hydrogen (secondary N) is 1. The van der Waals surface area contributed by atoms with Gasteiger partial charge in [-0.25, -0.2) is 0 Å². The maximum Gasteiger partial charge on any atom is 0.0309 e. The smallest absolute Gasteiger partial charge is 0.0309 e. The maximum atomic E-state index is 3.83. The Bertz CT molecular complexity index is 189. The van der Waals surface area contributed by atoms with Gasteiger partial charge in [-0.15, -0.1) is 6.58 Å². The van der Waals surface area contributed by atoms with Gasteiger partial charge in [-0.3, -0.25) is 4.90 Å². The summed E-state index contributed by atoms with van der Waals surface area (Å²) in [6.45, 7) is 8.47. The summed E-state index contributed by atoms with van der Waals surface area (Å²) in [5.41, 5.74) is 0.458. The number of rotatable bonds is 2. The fraction of sp³-hybridized carbons (Fsp3) is 0.833. The topological polar surface area (TPSA) is 15.3 Å². The number of nitrogens with zero attached hydrogens (tertiary/aromatic N) is 1. The Morgan fingerprint density at radius 3 is 2.79 bits per heavy atom. The summed E-state index contributed by atoms with van der Waals surface area (Å²) in [6, 6.07) is 0. The van der Waals surface area contributed by atoms with Crippen LogP contribution in [0.15, 0.2) is 12.7 Å². The average molecular weight is 194 g/mol. The van der Waals surface area contributed by atoms with Crippen LogP contribution in [0, 0.1) is 0 Å². The largest absolute Gasteiger partial charge is 0.309 e. The van der Waals surface area contributed by atoms with Crippen LogP contribution in [0.1, 0.15) is 32.1 Å². The zero-order valence-corrected chi connectivity index (χ0v) is 9.10. The summed E-state index contributed by atoms with van der Waals surface area (Å²) in [7, 11) is 0. The van der Waals surface area contributed by atoms with Crippen molar-refractivity contribution < 1.29 is 0 Å². The van der Waals surface area contributed by atoms with Crippen LogP contribution in [0.5, 0.6) is 0 Å². The van der Waals surface area contributed by atoms with Gasteiger partial charge >= 0.3 is 0 Å². The molecule has 1 aliphatic heterocycles. The van der Waals surface area contributed by atoms with Gasteiger partial charge in [-0.2, -0.15) is 0 Å². The Morgan fingerprint density at radius 1 is 1.29 bits per heavy atom. The molecule has 0 radical (unpaired) electrons. The maximum absolute atomic E-state index is 3.83. The van der Waals surface area contributed by atoms with E-state index in [4.69, 9.17) is 0 Å². The Morgan fingerprint density at radius 2 is 2.07 bits per heavy atom. The molecule has 0 bridgehead atoms. The van der Waals surface area contributed by atoms with Gasteiger partial charge < -0.3 is 5.32 Å². The SMILES string of the molecule is C=CCN1CCNC2(CCCCC2)C1. The lowest BCUT2D eigenvalue weighted by Gasteiger charge is -2.46. The zero-order chi connectivity index (χ0) is 9.86. The van der Waals surface area contributed by atoms with Gasteiger partial charge in [0.2, 0.25) is 0 Å². The van der Waals surface area contributed by atoms with Crippen molar-refractivity contribution in [1.82, 2.24) is 10.2 Å². The Kier molecular flexibility index (Phi) is 3.24. The quantitative estimate of drug-likeness (QED) is 0.674. The Labute approximate surface area is 87.4 Å². The molecule has 14 heavy (non-hydrogen) atoms. The fourth-order valence-corrected chi connectivity index (χ4v) is 2.94. The van der Waals surface area contributed by atoms with Crippen molar-refractivity contribution in [2.75, 3.05) is 26.2 Å². The van der Waals surface area contributed by atoms with Crippen LogP contribution in [0.3, 0.4) is 0 Å². The lowest BCUT2D eigenvalue weighted by molar-refractivity contribution is 0.108. The molecule has 0 aromatic heterocycles. The third kappa shape index (κ3) is 2.18. The molecule has 2 nitrogen and oxygen atoms in total. The molecular weight excluding hydrogens is 172 g/mol. The van der Waals surface area contributed by atoms with Crippen molar-refractivity contribution in [3.63, 3.8) is 0 Å². The third-order valence-electron chi connectivity index (χ3n) is 3.65. The van der Waals surface area contributed by atoms with Crippen molar-refractivity contribution in [2.45, 2.75) is 37.6 Å². The van der Waals surface area contributed by atoms with E-state index in [0.717, 1.165) is 13.1 Å². The molecule has 0 unspecified atom stereocenters. The summed E-state index contributed by atoms with van der Waals surface area (Å²) in [6.07, 6.45) is 9.04. The molecule has 0 aromatic carbocycles. The number of hydrogen-bond acceptors (Lipinski definition) is 2. The van der Waals surface area contributed by atoms with Gasteiger partial charge in [0.1, 0.15) is 0 Å². The minimum Gasteiger partial charge on any atom is -0.309 e. The van der Waals surface area contributed by atoms with Gasteiger partial charge in [0.05, 0.1) is 0 Å². The predicted octanol–water partition coefficient (Wildman–Crippen LogP) is 1.78. The standard InChI is InChI=1S/C12H22N2/c1-2-9-14-10-8-13-12(11-14)6-4-3-5-7-12/h2,13H,1,3-11H2. The Hall–Kier alpha value is -0.340. The van der Waals surface area contributed by atoms with E-state index in [9.17, 15) is 0 Å². The summed E-state index contributed by atoms with van der Waals surface area (Å²) in [5, 5.41) is 3.75. The second-order valence-electron chi connectivity index (χ2n) is 4.79. The van der Waals surface area contributed by atoms with Gasteiger partial charge in [0, 0.05) is 31.7 Å². The second-order valence-corrected chi connectivity index (χ2v) is 4.79. The molecule has 1 heterocycles. The summed E-state index contributed by atoms with van der Waals surface area (Å²) in [4.78, 5) is 2.54. The molecule has 2 rings (SSSR count). The molecular formula is C12H22N2. The van der Waals surface area contributed by atoms with Crippen molar-refractivity contribution in [1.29, 1.82) is 0 Å². The highest BCUT2D eigenvalue weighted by molar-refractivity contribution is 4.97. The van der Waals surface area contributed by atoms with E-state index in [1.165, 1.54) is 45.2 Å². The minimum absolute atomic E-state index is 0.458. The lowest BCUT2D eigenvalue weighted by Crippen LogP contribution is -2.61. The van der Waals surface area contributed by atoms with E-state index in [0.29, 0.717) is 5.54 Å². The lowest BCUT2D eigenvalue weighted by atomic mass is 9.80. The van der Waals surface area contributed by atoms with E-state index >= 15 is 0 Å². The van der Waals surface area contributed by atoms with E-state index in [1.807, 2.05) is 6.08 Å². The fourth-order valence-electron chi connectivity index (χ4n) is 2.94. The third-order valence-corrected chi connectivity index (χ3v) is 3.65. The monoisotopic (exact) mass is 194 g/mol. The number of hydrogen-bond donors (Lipinski definition) is 1. The summed E-state index contributed by atoms with van der Waals surface area (Å²) < 4.78 is 0. The first kappa shape index (κ1) is 10.2. The normalized spacial score (nSPS) is 27.7. The molecule has 0 atom stereocenters. The summed E-state index contributed by atoms with van der Waals surface area (Å²) >= 11 is 0. The zero-order valence-electron chi connectivity index (χ0n) is 9.10. The van der Waals surface area contributed by atoms with Crippen molar-refractivity contribution in [3.05, 3.63) is 12.7 Å². The van der Waals surface area contributed by atoms with Crippen LogP contribution in [-0.4, -0.2) is 36.6 Å². The minimum atomic E-state index is 0.458. The van der Waals surface area contributed by atoms with Crippen molar-refractivity contribution >= 4 is 0 Å². The van der Waals surface area contributed by atoms with E-state index in [1.54, 1.807) is 0 Å². The predicted molar refractivity (Wildman–Crippen MR) is 60.5 cm³/mol. The average Bonchev–Trinajstić information content (AvgIpc) is 2.19. The molecule has 1 spiro atoms. The van der Waals surface area contributed by atoms with Gasteiger partial charge in [0.25, 0.3) is 0 Å². The molecule has 1 saturated carbocycles. The molecule has 80 valence electrons. The highest BCUT2D eigenvalue weighted by Gasteiger charge is 2.35. The van der Waals surface area contributed by atoms with E-state index < -0.39 is 0 Å². The molecule has 1 saturated heterocycles. The molecule has 2 fully saturated rings. The highest BCUT2D eigenvalue weighted by atomic mass is 15.2. The molecule has 0 amide bonds. The van der Waals surface area contributed by atoms with Gasteiger partial charge in [-0.05, 0) is 12.8 Å². The van der Waals surface area contributed by atoms with Gasteiger partial charge in [0.15, 0.2) is 0 Å². The molecule has 2 aliphatic rings. The van der Waals surface area contributed by atoms with Crippen LogP contribution < -0.4 is 5.32 Å². The van der Waals surface area contributed by atoms with E-state index in [-0.39, 0.29) is 0 Å². The molecule has 1 N–H and O–H groups in total. The molecule has 1 aliphatic carbocycles. The van der Waals surface area contributed by atoms with Gasteiger partial charge in [-0.1, -0.05) is 25.3 Å². The van der Waals surface area contributed by atoms with E-state index in [2.05, 4.69) is 16.8 Å². The van der Waals surface area contributed by atoms with Crippen LogP contribution in [-0.2, 0) is 0 Å². The molecule has 0 aromatic rings. The first-order chi connectivity index (χ1) is 6.85. The van der Waals surface area contributed by atoms with Crippen molar-refractivity contribution in [3.8, 4) is 0 Å². The van der Waals surface area contributed by atoms with Crippen LogP contribution in [0.2, 0.25) is 0 Å². The second kappa shape index (κ2) is 4.45. The van der Waals surface area contributed by atoms with Crippen LogP contribution in [0.25, 0.3) is 0 Å². The van der Waals surface area contributed by atoms with Crippen molar-refractivity contribution in [2.24, 2.45) is 0 Å².